The van der Waals surface area contributed by atoms with Crippen molar-refractivity contribution in [1.82, 2.24) is 10.3 Å². The van der Waals surface area contributed by atoms with Crippen LogP contribution < -0.4 is 5.32 Å². The van der Waals surface area contributed by atoms with E-state index in [2.05, 4.69) is 10.3 Å². The smallest absolute Gasteiger partial charge is 0.220 e. The third-order valence-electron chi connectivity index (χ3n) is 6.68. The third kappa shape index (κ3) is 3.21. The predicted molar refractivity (Wildman–Crippen MR) is 92.2 cm³/mol. The highest BCUT2D eigenvalue weighted by Gasteiger charge is 2.53. The van der Waals surface area contributed by atoms with Crippen LogP contribution in [0.5, 0.6) is 0 Å². The lowest BCUT2D eigenvalue weighted by Crippen LogP contribution is -2.54. The Hall–Kier alpha value is -1.42. The summed E-state index contributed by atoms with van der Waals surface area (Å²) >= 11 is 0. The molecule has 4 fully saturated rings. The molecule has 1 atom stereocenters. The van der Waals surface area contributed by atoms with Crippen molar-refractivity contribution in [2.45, 2.75) is 57.5 Å². The van der Waals surface area contributed by atoms with E-state index in [-0.39, 0.29) is 17.4 Å². The quantitative estimate of drug-likeness (QED) is 0.844. The van der Waals surface area contributed by atoms with E-state index in [9.17, 15) is 9.90 Å². The van der Waals surface area contributed by atoms with Gasteiger partial charge in [-0.15, -0.1) is 0 Å². The van der Waals surface area contributed by atoms with E-state index in [1.165, 1.54) is 38.5 Å². The molecule has 0 unspecified atom stereocenters. The van der Waals surface area contributed by atoms with Gasteiger partial charge in [0.05, 0.1) is 6.10 Å². The molecule has 4 heteroatoms. The molecule has 0 aromatic carbocycles. The van der Waals surface area contributed by atoms with Crippen LogP contribution in [0.2, 0.25) is 0 Å². The van der Waals surface area contributed by atoms with E-state index in [1.54, 1.807) is 12.4 Å². The fourth-order valence-corrected chi connectivity index (χ4v) is 5.91. The summed E-state index contributed by atoms with van der Waals surface area (Å²) in [6.07, 6.45) is 12.0. The van der Waals surface area contributed by atoms with Gasteiger partial charge in [0.2, 0.25) is 5.91 Å². The number of aliphatic hydroxyl groups is 1. The molecule has 4 aliphatic carbocycles. The van der Waals surface area contributed by atoms with E-state index < -0.39 is 0 Å². The Kier molecular flexibility index (Phi) is 4.33. The van der Waals surface area contributed by atoms with Gasteiger partial charge in [0.15, 0.2) is 0 Å². The monoisotopic (exact) mass is 328 g/mol. The number of hydrogen-bond acceptors (Lipinski definition) is 3. The first-order valence-electron chi connectivity index (χ1n) is 9.47. The zero-order chi connectivity index (χ0) is 16.6. The van der Waals surface area contributed by atoms with Crippen LogP contribution in [0, 0.1) is 23.2 Å². The Morgan fingerprint density at radius 2 is 1.75 bits per heavy atom. The summed E-state index contributed by atoms with van der Waals surface area (Å²) in [6, 6.07) is 3.88. The number of rotatable bonds is 6. The van der Waals surface area contributed by atoms with Crippen LogP contribution in [0.25, 0.3) is 0 Å². The molecule has 0 saturated heterocycles. The first-order valence-corrected chi connectivity index (χ1v) is 9.47. The van der Waals surface area contributed by atoms with Crippen molar-refractivity contribution >= 4 is 5.91 Å². The van der Waals surface area contributed by atoms with Gasteiger partial charge < -0.3 is 10.4 Å². The zero-order valence-corrected chi connectivity index (χ0v) is 14.3. The Balaban J connectivity index is 1.27. The Labute approximate surface area is 144 Å². The van der Waals surface area contributed by atoms with Crippen LogP contribution in [0.4, 0.5) is 0 Å². The number of aromatic nitrogens is 1. The molecule has 24 heavy (non-hydrogen) atoms. The van der Waals surface area contributed by atoms with Gasteiger partial charge in [0.25, 0.3) is 0 Å². The maximum absolute atomic E-state index is 12.1. The summed E-state index contributed by atoms with van der Waals surface area (Å²) in [7, 11) is 0. The SMILES string of the molecule is O=C(CCc1ccncc1)NC[C@@H](O)C12CC3CC(CC(C3)C1)C2. The minimum atomic E-state index is -0.379. The minimum Gasteiger partial charge on any atom is -0.391 e. The van der Waals surface area contributed by atoms with E-state index in [0.29, 0.717) is 13.0 Å². The number of nitrogens with one attached hydrogen (secondary N) is 1. The molecule has 2 N–H and O–H groups in total. The van der Waals surface area contributed by atoms with E-state index >= 15 is 0 Å². The highest BCUT2D eigenvalue weighted by Crippen LogP contribution is 2.61. The Bertz CT molecular complexity index is 551. The van der Waals surface area contributed by atoms with Gasteiger partial charge in [-0.2, -0.15) is 0 Å². The van der Waals surface area contributed by atoms with Crippen molar-refractivity contribution in [3.8, 4) is 0 Å². The van der Waals surface area contributed by atoms with Gasteiger partial charge in [-0.25, -0.2) is 0 Å². The number of aliphatic hydroxyl groups excluding tert-OH is 1. The average Bonchev–Trinajstić information content (AvgIpc) is 2.57. The van der Waals surface area contributed by atoms with Crippen molar-refractivity contribution < 1.29 is 9.90 Å². The van der Waals surface area contributed by atoms with Crippen LogP contribution >= 0.6 is 0 Å². The highest BCUT2D eigenvalue weighted by atomic mass is 16.3. The van der Waals surface area contributed by atoms with Gasteiger partial charge in [0, 0.05) is 25.4 Å². The van der Waals surface area contributed by atoms with Crippen LogP contribution in [-0.2, 0) is 11.2 Å². The van der Waals surface area contributed by atoms with Crippen molar-refractivity contribution in [2.24, 2.45) is 23.2 Å². The van der Waals surface area contributed by atoms with Gasteiger partial charge in [-0.1, -0.05) is 0 Å². The molecular weight excluding hydrogens is 300 g/mol. The third-order valence-corrected chi connectivity index (χ3v) is 6.68. The summed E-state index contributed by atoms with van der Waals surface area (Å²) in [6.45, 7) is 0.418. The number of amides is 1. The van der Waals surface area contributed by atoms with Crippen molar-refractivity contribution in [2.75, 3.05) is 6.54 Å². The van der Waals surface area contributed by atoms with Crippen LogP contribution in [0.1, 0.15) is 50.5 Å². The van der Waals surface area contributed by atoms with E-state index in [4.69, 9.17) is 0 Å². The second-order valence-electron chi connectivity index (χ2n) is 8.46. The fraction of sp³-hybridized carbons (Fsp3) is 0.700. The Morgan fingerprint density at radius 3 is 2.33 bits per heavy atom. The van der Waals surface area contributed by atoms with Crippen LogP contribution in [-0.4, -0.2) is 28.6 Å². The molecule has 4 bridgehead atoms. The lowest BCUT2D eigenvalue weighted by Gasteiger charge is -2.58. The number of carbonyl (C=O) groups excluding carboxylic acids is 1. The second kappa shape index (κ2) is 6.47. The van der Waals surface area contributed by atoms with Crippen LogP contribution in [0.3, 0.4) is 0 Å². The molecule has 0 spiro atoms. The largest absolute Gasteiger partial charge is 0.391 e. The molecule has 4 saturated carbocycles. The highest BCUT2D eigenvalue weighted by molar-refractivity contribution is 5.76. The lowest BCUT2D eigenvalue weighted by atomic mass is 9.48. The number of hydrogen-bond donors (Lipinski definition) is 2. The maximum Gasteiger partial charge on any atom is 0.220 e. The first-order chi connectivity index (χ1) is 11.6. The van der Waals surface area contributed by atoms with E-state index in [0.717, 1.165) is 29.7 Å². The summed E-state index contributed by atoms with van der Waals surface area (Å²) < 4.78 is 0. The van der Waals surface area contributed by atoms with Crippen molar-refractivity contribution in [1.29, 1.82) is 0 Å². The fourth-order valence-electron chi connectivity index (χ4n) is 5.91. The lowest BCUT2D eigenvalue weighted by molar-refractivity contribution is -0.129. The zero-order valence-electron chi connectivity index (χ0n) is 14.3. The molecule has 0 radical (unpaired) electrons. The topological polar surface area (TPSA) is 62.2 Å². The van der Waals surface area contributed by atoms with Crippen molar-refractivity contribution in [3.63, 3.8) is 0 Å². The molecule has 5 rings (SSSR count). The molecule has 1 heterocycles. The van der Waals surface area contributed by atoms with Crippen molar-refractivity contribution in [3.05, 3.63) is 30.1 Å². The summed E-state index contributed by atoms with van der Waals surface area (Å²) in [4.78, 5) is 16.1. The molecule has 130 valence electrons. The standard InChI is InChI=1S/C20H28N2O2/c23-18(13-22-19(24)2-1-14-3-5-21-6-4-14)20-10-15-7-16(11-20)9-17(8-15)12-20/h3-6,15-18,23H,1-2,7-13H2,(H,22,24)/t15?,16?,17?,18-,20?/m1/s1. The molecule has 1 aromatic heterocycles. The Morgan fingerprint density at radius 1 is 1.17 bits per heavy atom. The predicted octanol–water partition coefficient (Wildman–Crippen LogP) is 2.71. The average molecular weight is 328 g/mol. The van der Waals surface area contributed by atoms with Gasteiger partial charge in [-0.3, -0.25) is 9.78 Å². The molecule has 1 amide bonds. The molecule has 1 aromatic rings. The number of pyridine rings is 1. The second-order valence-corrected chi connectivity index (χ2v) is 8.46. The van der Waals surface area contributed by atoms with Crippen LogP contribution in [0.15, 0.2) is 24.5 Å². The molecule has 0 aliphatic heterocycles. The summed E-state index contributed by atoms with van der Waals surface area (Å²) in [5, 5.41) is 13.8. The normalized spacial score (nSPS) is 35.0. The molecule has 4 nitrogen and oxygen atoms in total. The number of aryl methyl sites for hydroxylation is 1. The number of nitrogens with zero attached hydrogens (tertiary/aromatic N) is 1. The minimum absolute atomic E-state index is 0.0376. The molecule has 4 aliphatic rings. The van der Waals surface area contributed by atoms with E-state index in [1.807, 2.05) is 12.1 Å². The van der Waals surface area contributed by atoms with Gasteiger partial charge in [0.1, 0.15) is 0 Å². The molecular formula is C20H28N2O2. The summed E-state index contributed by atoms with van der Waals surface area (Å²) in [5.41, 5.74) is 1.22. The number of carbonyl (C=O) groups is 1. The van der Waals surface area contributed by atoms with Gasteiger partial charge in [-0.05, 0) is 85.8 Å². The van der Waals surface area contributed by atoms with Gasteiger partial charge >= 0.3 is 0 Å². The summed E-state index contributed by atoms with van der Waals surface area (Å²) in [5.74, 6) is 2.52. The maximum atomic E-state index is 12.1. The first kappa shape index (κ1) is 16.1.